The van der Waals surface area contributed by atoms with Gasteiger partial charge in [-0.05, 0) is 56.1 Å². The molecule has 3 rings (SSSR count). The van der Waals surface area contributed by atoms with E-state index >= 15 is 0 Å². The van der Waals surface area contributed by atoms with Crippen LogP contribution in [0.1, 0.15) is 56.1 Å². The van der Waals surface area contributed by atoms with Crippen LogP contribution in [0.15, 0.2) is 24.3 Å². The quantitative estimate of drug-likeness (QED) is 0.851. The number of carbonyl (C=O) groups is 2. The maximum absolute atomic E-state index is 12.4. The second kappa shape index (κ2) is 6.11. The Morgan fingerprint density at radius 2 is 2.09 bits per heavy atom. The first-order chi connectivity index (χ1) is 10.6. The van der Waals surface area contributed by atoms with Crippen LogP contribution in [0.4, 0.5) is 0 Å². The fourth-order valence-electron chi connectivity index (χ4n) is 3.58. The Kier molecular flexibility index (Phi) is 4.19. The molecular weight excluding hydrogens is 278 g/mol. The second-order valence-corrected chi connectivity index (χ2v) is 6.34. The van der Waals surface area contributed by atoms with Crippen LogP contribution in [0.5, 0.6) is 0 Å². The zero-order chi connectivity index (χ0) is 15.6. The van der Waals surface area contributed by atoms with Crippen molar-refractivity contribution in [3.8, 4) is 0 Å². The van der Waals surface area contributed by atoms with Crippen LogP contribution in [0.2, 0.25) is 0 Å². The molecule has 1 unspecified atom stereocenters. The SMILES string of the molecule is CCOC(=O)C1(NC(=O)CC2CCc3ccccc32)CCC1. The van der Waals surface area contributed by atoms with E-state index in [-0.39, 0.29) is 17.8 Å². The molecule has 1 N–H and O–H groups in total. The van der Waals surface area contributed by atoms with E-state index < -0.39 is 5.54 Å². The number of nitrogens with one attached hydrogen (secondary N) is 1. The number of amides is 1. The minimum Gasteiger partial charge on any atom is -0.464 e. The Morgan fingerprint density at radius 3 is 2.77 bits per heavy atom. The van der Waals surface area contributed by atoms with E-state index in [4.69, 9.17) is 4.74 Å². The first-order valence-corrected chi connectivity index (χ1v) is 8.20. The molecule has 4 nitrogen and oxygen atoms in total. The molecule has 1 fully saturated rings. The molecule has 1 amide bonds. The number of aryl methyl sites for hydroxylation is 1. The number of carbonyl (C=O) groups excluding carboxylic acids is 2. The lowest BCUT2D eigenvalue weighted by Gasteiger charge is -2.39. The molecule has 2 aliphatic rings. The standard InChI is InChI=1S/C18H23NO3/c1-2-22-17(21)18(10-5-11-18)19-16(20)12-14-9-8-13-6-3-4-7-15(13)14/h3-4,6-7,14H,2,5,8-12H2,1H3,(H,19,20). The summed E-state index contributed by atoms with van der Waals surface area (Å²) in [7, 11) is 0. The smallest absolute Gasteiger partial charge is 0.331 e. The van der Waals surface area contributed by atoms with E-state index in [9.17, 15) is 9.59 Å². The van der Waals surface area contributed by atoms with Crippen molar-refractivity contribution >= 4 is 11.9 Å². The van der Waals surface area contributed by atoms with Crippen LogP contribution >= 0.6 is 0 Å². The summed E-state index contributed by atoms with van der Waals surface area (Å²) in [6.45, 7) is 2.15. The van der Waals surface area contributed by atoms with Gasteiger partial charge in [0, 0.05) is 6.42 Å². The van der Waals surface area contributed by atoms with Crippen LogP contribution in [-0.2, 0) is 20.7 Å². The fourth-order valence-corrected chi connectivity index (χ4v) is 3.58. The molecule has 0 heterocycles. The molecule has 22 heavy (non-hydrogen) atoms. The molecular formula is C18H23NO3. The lowest BCUT2D eigenvalue weighted by molar-refractivity contribution is -0.157. The third-order valence-electron chi connectivity index (χ3n) is 4.94. The van der Waals surface area contributed by atoms with Crippen molar-refractivity contribution in [1.29, 1.82) is 0 Å². The summed E-state index contributed by atoms with van der Waals surface area (Å²) in [5, 5.41) is 2.96. The van der Waals surface area contributed by atoms with Gasteiger partial charge in [0.05, 0.1) is 6.61 Å². The van der Waals surface area contributed by atoms with E-state index in [1.54, 1.807) is 6.92 Å². The molecule has 0 spiro atoms. The summed E-state index contributed by atoms with van der Waals surface area (Å²) < 4.78 is 5.12. The number of fused-ring (bicyclic) bond motifs is 1. The highest BCUT2D eigenvalue weighted by Crippen LogP contribution is 2.37. The van der Waals surface area contributed by atoms with Gasteiger partial charge in [0.2, 0.25) is 5.91 Å². The number of ether oxygens (including phenoxy) is 1. The van der Waals surface area contributed by atoms with Crippen LogP contribution in [-0.4, -0.2) is 24.0 Å². The highest BCUT2D eigenvalue weighted by Gasteiger charge is 2.47. The first-order valence-electron chi connectivity index (χ1n) is 8.20. The largest absolute Gasteiger partial charge is 0.464 e. The molecule has 0 aliphatic heterocycles. The van der Waals surface area contributed by atoms with E-state index in [0.29, 0.717) is 25.9 Å². The normalized spacial score (nSPS) is 21.6. The van der Waals surface area contributed by atoms with Gasteiger partial charge in [-0.2, -0.15) is 0 Å². The molecule has 1 aromatic carbocycles. The highest BCUT2D eigenvalue weighted by atomic mass is 16.5. The molecule has 0 radical (unpaired) electrons. The van der Waals surface area contributed by atoms with Crippen LogP contribution < -0.4 is 5.32 Å². The predicted octanol–water partition coefficient (Wildman–Crippen LogP) is 2.71. The second-order valence-electron chi connectivity index (χ2n) is 6.34. The number of hydrogen-bond donors (Lipinski definition) is 1. The third kappa shape index (κ3) is 2.74. The molecule has 0 bridgehead atoms. The van der Waals surface area contributed by atoms with Crippen molar-refractivity contribution in [3.05, 3.63) is 35.4 Å². The summed E-state index contributed by atoms with van der Waals surface area (Å²) in [6, 6.07) is 8.33. The Morgan fingerprint density at radius 1 is 1.32 bits per heavy atom. The average molecular weight is 301 g/mol. The van der Waals surface area contributed by atoms with E-state index in [0.717, 1.165) is 19.3 Å². The lowest BCUT2D eigenvalue weighted by Crippen LogP contribution is -2.59. The number of hydrogen-bond acceptors (Lipinski definition) is 3. The number of rotatable bonds is 5. The van der Waals surface area contributed by atoms with E-state index in [1.165, 1.54) is 11.1 Å². The van der Waals surface area contributed by atoms with Gasteiger partial charge in [-0.15, -0.1) is 0 Å². The summed E-state index contributed by atoms with van der Waals surface area (Å²) in [5.41, 5.74) is 1.88. The number of esters is 1. The van der Waals surface area contributed by atoms with Crippen molar-refractivity contribution in [2.75, 3.05) is 6.61 Å². The van der Waals surface area contributed by atoms with Gasteiger partial charge in [0.1, 0.15) is 5.54 Å². The average Bonchev–Trinajstić information content (AvgIpc) is 2.86. The lowest BCUT2D eigenvalue weighted by atomic mass is 9.76. The van der Waals surface area contributed by atoms with Crippen molar-refractivity contribution in [2.24, 2.45) is 0 Å². The van der Waals surface area contributed by atoms with Crippen molar-refractivity contribution in [2.45, 2.75) is 56.9 Å². The molecule has 1 saturated carbocycles. The summed E-state index contributed by atoms with van der Waals surface area (Å²) in [6.07, 6.45) is 4.86. The van der Waals surface area contributed by atoms with Crippen molar-refractivity contribution in [3.63, 3.8) is 0 Å². The zero-order valence-corrected chi connectivity index (χ0v) is 13.1. The van der Waals surface area contributed by atoms with Gasteiger partial charge in [0.25, 0.3) is 0 Å². The Bertz CT molecular complexity index is 577. The highest BCUT2D eigenvalue weighted by molar-refractivity contribution is 5.89. The first kappa shape index (κ1) is 15.1. The van der Waals surface area contributed by atoms with Gasteiger partial charge in [-0.25, -0.2) is 4.79 Å². The van der Waals surface area contributed by atoms with E-state index in [1.807, 2.05) is 12.1 Å². The Labute approximate surface area is 131 Å². The molecule has 4 heteroatoms. The molecule has 118 valence electrons. The number of benzene rings is 1. The van der Waals surface area contributed by atoms with Crippen LogP contribution in [0.3, 0.4) is 0 Å². The molecule has 1 aromatic rings. The van der Waals surface area contributed by atoms with Gasteiger partial charge in [0.15, 0.2) is 0 Å². The fraction of sp³-hybridized carbons (Fsp3) is 0.556. The summed E-state index contributed by atoms with van der Waals surface area (Å²) >= 11 is 0. The Hall–Kier alpha value is -1.84. The molecule has 0 saturated heterocycles. The molecule has 2 aliphatic carbocycles. The summed E-state index contributed by atoms with van der Waals surface area (Å²) in [4.78, 5) is 24.5. The minimum atomic E-state index is -0.759. The van der Waals surface area contributed by atoms with Gasteiger partial charge in [-0.1, -0.05) is 24.3 Å². The van der Waals surface area contributed by atoms with E-state index in [2.05, 4.69) is 17.4 Å². The van der Waals surface area contributed by atoms with Crippen molar-refractivity contribution < 1.29 is 14.3 Å². The zero-order valence-electron chi connectivity index (χ0n) is 13.1. The van der Waals surface area contributed by atoms with Crippen LogP contribution in [0.25, 0.3) is 0 Å². The Balaban J connectivity index is 1.62. The van der Waals surface area contributed by atoms with Crippen molar-refractivity contribution in [1.82, 2.24) is 5.32 Å². The maximum atomic E-state index is 12.4. The molecule has 1 atom stereocenters. The van der Waals surface area contributed by atoms with Gasteiger partial charge in [-0.3, -0.25) is 4.79 Å². The van der Waals surface area contributed by atoms with Gasteiger partial charge < -0.3 is 10.1 Å². The maximum Gasteiger partial charge on any atom is 0.331 e. The van der Waals surface area contributed by atoms with Gasteiger partial charge >= 0.3 is 5.97 Å². The third-order valence-corrected chi connectivity index (χ3v) is 4.94. The molecule has 0 aromatic heterocycles. The predicted molar refractivity (Wildman–Crippen MR) is 83.5 cm³/mol. The topological polar surface area (TPSA) is 55.4 Å². The minimum absolute atomic E-state index is 0.0329. The monoisotopic (exact) mass is 301 g/mol. The summed E-state index contributed by atoms with van der Waals surface area (Å²) in [5.74, 6) is -0.0357. The van der Waals surface area contributed by atoms with Crippen LogP contribution in [0, 0.1) is 0 Å².